The third-order valence-corrected chi connectivity index (χ3v) is 2.52. The highest BCUT2D eigenvalue weighted by molar-refractivity contribution is 5.81. The predicted octanol–water partition coefficient (Wildman–Crippen LogP) is 0.837. The van der Waals surface area contributed by atoms with Gasteiger partial charge in [0.2, 0.25) is 12.3 Å². The zero-order chi connectivity index (χ0) is 10.7. The molecule has 1 rings (SSSR count). The standard InChI is InChI=1S/C9H16F2N2O/c1-6(12)9(14)13-4-2-3-7(5-13)8(10)11/h6-8H,2-5,12H2,1H3/t6-,7+/m1/s1. The largest absolute Gasteiger partial charge is 0.341 e. The molecular formula is C9H16F2N2O. The average molecular weight is 206 g/mol. The second-order valence-electron chi connectivity index (χ2n) is 3.81. The molecule has 0 aromatic heterocycles. The lowest BCUT2D eigenvalue weighted by Gasteiger charge is -2.33. The van der Waals surface area contributed by atoms with Gasteiger partial charge in [0.15, 0.2) is 0 Å². The van der Waals surface area contributed by atoms with E-state index in [-0.39, 0.29) is 12.5 Å². The number of alkyl halides is 2. The van der Waals surface area contributed by atoms with Gasteiger partial charge in [0, 0.05) is 19.0 Å². The summed E-state index contributed by atoms with van der Waals surface area (Å²) in [5.41, 5.74) is 5.41. The highest BCUT2D eigenvalue weighted by Gasteiger charge is 2.30. The van der Waals surface area contributed by atoms with Crippen molar-refractivity contribution in [3.05, 3.63) is 0 Å². The van der Waals surface area contributed by atoms with Crippen LogP contribution in [0.1, 0.15) is 19.8 Å². The van der Waals surface area contributed by atoms with E-state index >= 15 is 0 Å². The van der Waals surface area contributed by atoms with Gasteiger partial charge in [-0.15, -0.1) is 0 Å². The van der Waals surface area contributed by atoms with Crippen molar-refractivity contribution < 1.29 is 13.6 Å². The highest BCUT2D eigenvalue weighted by Crippen LogP contribution is 2.22. The Morgan fingerprint density at radius 2 is 2.21 bits per heavy atom. The summed E-state index contributed by atoms with van der Waals surface area (Å²) in [5, 5.41) is 0. The number of carbonyl (C=O) groups is 1. The number of hydrogen-bond acceptors (Lipinski definition) is 2. The van der Waals surface area contributed by atoms with Crippen LogP contribution < -0.4 is 5.73 Å². The summed E-state index contributed by atoms with van der Waals surface area (Å²) < 4.78 is 24.8. The third kappa shape index (κ3) is 2.64. The van der Waals surface area contributed by atoms with Crippen LogP contribution in [-0.4, -0.2) is 36.4 Å². The van der Waals surface area contributed by atoms with Gasteiger partial charge in [0.1, 0.15) is 0 Å². The molecule has 0 bridgehead atoms. The maximum atomic E-state index is 12.4. The van der Waals surface area contributed by atoms with Crippen molar-refractivity contribution in [3.8, 4) is 0 Å². The van der Waals surface area contributed by atoms with E-state index in [4.69, 9.17) is 5.73 Å². The minimum Gasteiger partial charge on any atom is -0.341 e. The Morgan fingerprint density at radius 3 is 2.71 bits per heavy atom. The van der Waals surface area contributed by atoms with Crippen LogP contribution in [0.4, 0.5) is 8.78 Å². The molecule has 5 heteroatoms. The first-order valence-corrected chi connectivity index (χ1v) is 4.85. The van der Waals surface area contributed by atoms with E-state index in [1.54, 1.807) is 6.92 Å². The molecule has 3 nitrogen and oxygen atoms in total. The molecule has 1 saturated heterocycles. The van der Waals surface area contributed by atoms with E-state index in [2.05, 4.69) is 0 Å². The molecule has 0 saturated carbocycles. The topological polar surface area (TPSA) is 46.3 Å². The molecule has 0 aromatic rings. The van der Waals surface area contributed by atoms with Crippen LogP contribution in [0.25, 0.3) is 0 Å². The van der Waals surface area contributed by atoms with Crippen molar-refractivity contribution >= 4 is 5.91 Å². The van der Waals surface area contributed by atoms with Crippen molar-refractivity contribution in [2.24, 2.45) is 11.7 Å². The highest BCUT2D eigenvalue weighted by atomic mass is 19.3. The summed E-state index contributed by atoms with van der Waals surface area (Å²) in [6, 6.07) is -0.591. The number of likely N-dealkylation sites (tertiary alicyclic amines) is 1. The predicted molar refractivity (Wildman–Crippen MR) is 49.0 cm³/mol. The molecule has 1 amide bonds. The summed E-state index contributed by atoms with van der Waals surface area (Å²) in [5.74, 6) is -0.901. The Kier molecular flexibility index (Phi) is 3.80. The van der Waals surface area contributed by atoms with Gasteiger partial charge in [-0.1, -0.05) is 0 Å². The maximum Gasteiger partial charge on any atom is 0.243 e. The lowest BCUT2D eigenvalue weighted by atomic mass is 9.98. The first kappa shape index (κ1) is 11.4. The van der Waals surface area contributed by atoms with Gasteiger partial charge < -0.3 is 10.6 Å². The Bertz CT molecular complexity index is 209. The molecular weight excluding hydrogens is 190 g/mol. The Morgan fingerprint density at radius 1 is 1.57 bits per heavy atom. The molecule has 0 spiro atoms. The third-order valence-electron chi connectivity index (χ3n) is 2.52. The summed E-state index contributed by atoms with van der Waals surface area (Å²) in [4.78, 5) is 12.9. The van der Waals surface area contributed by atoms with Crippen LogP contribution in [-0.2, 0) is 4.79 Å². The van der Waals surface area contributed by atoms with Crippen molar-refractivity contribution in [1.29, 1.82) is 0 Å². The lowest BCUT2D eigenvalue weighted by molar-refractivity contribution is -0.135. The zero-order valence-electron chi connectivity index (χ0n) is 8.25. The Hall–Kier alpha value is -0.710. The maximum absolute atomic E-state index is 12.4. The molecule has 2 N–H and O–H groups in total. The van der Waals surface area contributed by atoms with E-state index in [9.17, 15) is 13.6 Å². The summed E-state index contributed by atoms with van der Waals surface area (Å²) in [6.45, 7) is 2.29. The average Bonchev–Trinajstić information content (AvgIpc) is 2.16. The molecule has 0 unspecified atom stereocenters. The number of halogens is 2. The smallest absolute Gasteiger partial charge is 0.243 e. The number of piperidine rings is 1. The molecule has 0 aliphatic carbocycles. The van der Waals surface area contributed by atoms with E-state index in [0.717, 1.165) is 0 Å². The van der Waals surface area contributed by atoms with E-state index in [1.807, 2.05) is 0 Å². The summed E-state index contributed by atoms with van der Waals surface area (Å²) in [6.07, 6.45) is -1.19. The second-order valence-corrected chi connectivity index (χ2v) is 3.81. The van der Waals surface area contributed by atoms with Gasteiger partial charge in [-0.3, -0.25) is 4.79 Å². The van der Waals surface area contributed by atoms with Gasteiger partial charge in [0.25, 0.3) is 0 Å². The van der Waals surface area contributed by atoms with Crippen LogP contribution >= 0.6 is 0 Å². The first-order valence-electron chi connectivity index (χ1n) is 4.85. The van der Waals surface area contributed by atoms with Gasteiger partial charge in [-0.2, -0.15) is 0 Å². The molecule has 2 atom stereocenters. The van der Waals surface area contributed by atoms with Gasteiger partial charge in [0.05, 0.1) is 6.04 Å². The van der Waals surface area contributed by atoms with Crippen molar-refractivity contribution in [2.45, 2.75) is 32.2 Å². The Balaban J connectivity index is 2.51. The number of amides is 1. The van der Waals surface area contributed by atoms with Crippen molar-refractivity contribution in [2.75, 3.05) is 13.1 Å². The van der Waals surface area contributed by atoms with Crippen molar-refractivity contribution in [3.63, 3.8) is 0 Å². The molecule has 82 valence electrons. The Labute approximate surface area is 82.2 Å². The van der Waals surface area contributed by atoms with Crippen LogP contribution in [0.5, 0.6) is 0 Å². The molecule has 1 heterocycles. The number of carbonyl (C=O) groups excluding carboxylic acids is 1. The monoisotopic (exact) mass is 206 g/mol. The molecule has 14 heavy (non-hydrogen) atoms. The molecule has 1 aliphatic rings. The molecule has 1 fully saturated rings. The van der Waals surface area contributed by atoms with E-state index < -0.39 is 18.4 Å². The molecule has 1 aliphatic heterocycles. The van der Waals surface area contributed by atoms with Crippen LogP contribution in [0.3, 0.4) is 0 Å². The summed E-state index contributed by atoms with van der Waals surface area (Å²) >= 11 is 0. The van der Waals surface area contributed by atoms with E-state index in [1.165, 1.54) is 4.90 Å². The number of nitrogens with two attached hydrogens (primary N) is 1. The van der Waals surface area contributed by atoms with E-state index in [0.29, 0.717) is 19.4 Å². The van der Waals surface area contributed by atoms with Crippen LogP contribution in [0.2, 0.25) is 0 Å². The number of rotatable bonds is 2. The fraction of sp³-hybridized carbons (Fsp3) is 0.889. The fourth-order valence-electron chi connectivity index (χ4n) is 1.70. The molecule has 0 radical (unpaired) electrons. The van der Waals surface area contributed by atoms with Crippen LogP contribution in [0, 0.1) is 5.92 Å². The summed E-state index contributed by atoms with van der Waals surface area (Å²) in [7, 11) is 0. The number of nitrogens with zero attached hydrogens (tertiary/aromatic N) is 1. The van der Waals surface area contributed by atoms with Crippen LogP contribution in [0.15, 0.2) is 0 Å². The van der Waals surface area contributed by atoms with Gasteiger partial charge in [-0.25, -0.2) is 8.78 Å². The minimum atomic E-state index is -2.33. The zero-order valence-corrected chi connectivity index (χ0v) is 8.25. The molecule has 0 aromatic carbocycles. The quantitative estimate of drug-likeness (QED) is 0.727. The van der Waals surface area contributed by atoms with Crippen molar-refractivity contribution in [1.82, 2.24) is 4.90 Å². The van der Waals surface area contributed by atoms with Gasteiger partial charge >= 0.3 is 0 Å². The second kappa shape index (κ2) is 4.68. The normalized spacial score (nSPS) is 25.2. The first-order chi connectivity index (χ1) is 6.52. The minimum absolute atomic E-state index is 0.151. The van der Waals surface area contributed by atoms with Gasteiger partial charge in [-0.05, 0) is 19.8 Å². The number of hydrogen-bond donors (Lipinski definition) is 1. The lowest BCUT2D eigenvalue weighted by Crippen LogP contribution is -2.48. The fourth-order valence-corrected chi connectivity index (χ4v) is 1.70. The SMILES string of the molecule is C[C@@H](N)C(=O)N1CCC[C@H](C(F)F)C1.